The summed E-state index contributed by atoms with van der Waals surface area (Å²) in [6.07, 6.45) is 2.85. The Hall–Kier alpha value is -2.41. The van der Waals surface area contributed by atoms with Gasteiger partial charge in [-0.25, -0.2) is 9.97 Å². The first-order valence-electron chi connectivity index (χ1n) is 5.58. The van der Waals surface area contributed by atoms with Crippen LogP contribution in [0.1, 0.15) is 22.4 Å². The minimum absolute atomic E-state index is 0.277. The van der Waals surface area contributed by atoms with Gasteiger partial charge in [-0.3, -0.25) is 0 Å². The van der Waals surface area contributed by atoms with Crippen LogP contribution in [0.25, 0.3) is 0 Å². The number of hydrogen-bond acceptors (Lipinski definition) is 4. The molecule has 90 valence electrons. The van der Waals surface area contributed by atoms with Crippen molar-refractivity contribution >= 4 is 0 Å². The standard InChI is InChI=1S/C14H13N3O/c1-9-4-10(2)11(3)13(5-9)18-14-8-16-12(6-15)7-17-14/h4-5,7-8H,1-3H3. The van der Waals surface area contributed by atoms with E-state index in [0.29, 0.717) is 5.88 Å². The van der Waals surface area contributed by atoms with Crippen LogP contribution in [0.5, 0.6) is 11.6 Å². The average molecular weight is 239 g/mol. The van der Waals surface area contributed by atoms with Crippen LogP contribution in [-0.2, 0) is 0 Å². The monoisotopic (exact) mass is 239 g/mol. The molecule has 2 rings (SSSR count). The topological polar surface area (TPSA) is 58.8 Å². The van der Waals surface area contributed by atoms with Crippen LogP contribution in [0.4, 0.5) is 0 Å². The zero-order valence-corrected chi connectivity index (χ0v) is 10.6. The number of rotatable bonds is 2. The maximum Gasteiger partial charge on any atom is 0.237 e. The van der Waals surface area contributed by atoms with E-state index in [4.69, 9.17) is 10.00 Å². The van der Waals surface area contributed by atoms with Gasteiger partial charge in [0, 0.05) is 0 Å². The van der Waals surface area contributed by atoms with E-state index < -0.39 is 0 Å². The van der Waals surface area contributed by atoms with Gasteiger partial charge in [-0.1, -0.05) is 6.07 Å². The first-order chi connectivity index (χ1) is 8.60. The molecule has 18 heavy (non-hydrogen) atoms. The number of aromatic nitrogens is 2. The summed E-state index contributed by atoms with van der Waals surface area (Å²) in [4.78, 5) is 7.96. The molecule has 1 aromatic carbocycles. The molecule has 4 heteroatoms. The Kier molecular flexibility index (Phi) is 3.24. The summed E-state index contributed by atoms with van der Waals surface area (Å²) in [5.41, 5.74) is 3.66. The number of hydrogen-bond donors (Lipinski definition) is 0. The molecular formula is C14H13N3O. The molecule has 0 saturated heterocycles. The zero-order valence-electron chi connectivity index (χ0n) is 10.6. The van der Waals surface area contributed by atoms with Crippen molar-refractivity contribution in [1.82, 2.24) is 9.97 Å². The SMILES string of the molecule is Cc1cc(C)c(C)c(Oc2cnc(C#N)cn2)c1. The van der Waals surface area contributed by atoms with Crippen LogP contribution < -0.4 is 4.74 Å². The number of benzene rings is 1. The van der Waals surface area contributed by atoms with E-state index in [9.17, 15) is 0 Å². The third-order valence-corrected chi connectivity index (χ3v) is 2.72. The van der Waals surface area contributed by atoms with Crippen molar-refractivity contribution in [2.24, 2.45) is 0 Å². The summed E-state index contributed by atoms with van der Waals surface area (Å²) >= 11 is 0. The van der Waals surface area contributed by atoms with Gasteiger partial charge >= 0.3 is 0 Å². The quantitative estimate of drug-likeness (QED) is 0.808. The Bertz CT molecular complexity index is 612. The number of nitrogens with zero attached hydrogens (tertiary/aromatic N) is 3. The molecule has 0 amide bonds. The predicted molar refractivity (Wildman–Crippen MR) is 67.5 cm³/mol. The van der Waals surface area contributed by atoms with Crippen LogP contribution in [0, 0.1) is 32.1 Å². The molecule has 1 aromatic heterocycles. The second kappa shape index (κ2) is 4.84. The van der Waals surface area contributed by atoms with Gasteiger partial charge in [0.2, 0.25) is 5.88 Å². The van der Waals surface area contributed by atoms with E-state index in [1.807, 2.05) is 32.9 Å². The number of ether oxygens (including phenoxy) is 1. The van der Waals surface area contributed by atoms with Crippen LogP contribution in [0.15, 0.2) is 24.5 Å². The van der Waals surface area contributed by atoms with Crippen molar-refractivity contribution in [3.8, 4) is 17.7 Å². The highest BCUT2D eigenvalue weighted by Gasteiger charge is 2.06. The van der Waals surface area contributed by atoms with Crippen molar-refractivity contribution in [1.29, 1.82) is 5.26 Å². The van der Waals surface area contributed by atoms with Gasteiger partial charge in [-0.15, -0.1) is 0 Å². The first-order valence-corrected chi connectivity index (χ1v) is 5.58. The van der Waals surface area contributed by atoms with Gasteiger partial charge in [-0.2, -0.15) is 5.26 Å². The Labute approximate surface area is 106 Å². The summed E-state index contributed by atoms with van der Waals surface area (Å²) in [5, 5.41) is 8.64. The lowest BCUT2D eigenvalue weighted by atomic mass is 10.1. The van der Waals surface area contributed by atoms with Crippen molar-refractivity contribution in [2.75, 3.05) is 0 Å². The molecule has 0 aliphatic rings. The van der Waals surface area contributed by atoms with E-state index >= 15 is 0 Å². The van der Waals surface area contributed by atoms with E-state index in [1.165, 1.54) is 18.0 Å². The fourth-order valence-corrected chi connectivity index (χ4v) is 1.65. The summed E-state index contributed by atoms with van der Waals surface area (Å²) in [5.74, 6) is 1.16. The largest absolute Gasteiger partial charge is 0.437 e. The molecule has 0 N–H and O–H groups in total. The lowest BCUT2D eigenvalue weighted by molar-refractivity contribution is 0.455. The highest BCUT2D eigenvalue weighted by atomic mass is 16.5. The summed E-state index contributed by atoms with van der Waals surface area (Å²) in [7, 11) is 0. The third-order valence-electron chi connectivity index (χ3n) is 2.72. The minimum Gasteiger partial charge on any atom is -0.437 e. The van der Waals surface area contributed by atoms with E-state index in [1.54, 1.807) is 0 Å². The minimum atomic E-state index is 0.277. The molecule has 0 aliphatic carbocycles. The van der Waals surface area contributed by atoms with Crippen molar-refractivity contribution in [2.45, 2.75) is 20.8 Å². The maximum atomic E-state index is 8.64. The normalized spacial score (nSPS) is 9.89. The van der Waals surface area contributed by atoms with Gasteiger partial charge in [0.1, 0.15) is 11.8 Å². The summed E-state index contributed by atoms with van der Waals surface area (Å²) in [6.45, 7) is 6.06. The average Bonchev–Trinajstić information content (AvgIpc) is 2.36. The third kappa shape index (κ3) is 2.46. The Morgan fingerprint density at radius 3 is 2.50 bits per heavy atom. The van der Waals surface area contributed by atoms with Crippen LogP contribution in [0.2, 0.25) is 0 Å². The van der Waals surface area contributed by atoms with Gasteiger partial charge in [0.25, 0.3) is 0 Å². The molecule has 0 radical (unpaired) electrons. The first kappa shape index (κ1) is 12.1. The highest BCUT2D eigenvalue weighted by Crippen LogP contribution is 2.27. The molecule has 0 fully saturated rings. The molecule has 0 unspecified atom stereocenters. The molecule has 0 saturated carbocycles. The van der Waals surface area contributed by atoms with Crippen molar-refractivity contribution in [3.05, 3.63) is 46.9 Å². The zero-order chi connectivity index (χ0) is 13.1. The molecule has 2 aromatic rings. The van der Waals surface area contributed by atoms with E-state index in [-0.39, 0.29) is 5.69 Å². The van der Waals surface area contributed by atoms with Gasteiger partial charge < -0.3 is 4.74 Å². The van der Waals surface area contributed by atoms with Gasteiger partial charge in [0.05, 0.1) is 12.4 Å². The van der Waals surface area contributed by atoms with E-state index in [0.717, 1.165) is 16.9 Å². The second-order valence-corrected chi connectivity index (χ2v) is 4.16. The summed E-state index contributed by atoms with van der Waals surface area (Å²) in [6, 6.07) is 5.98. The van der Waals surface area contributed by atoms with Gasteiger partial charge in [0.15, 0.2) is 5.69 Å². The number of nitriles is 1. The molecule has 0 spiro atoms. The Balaban J connectivity index is 2.31. The molecule has 0 atom stereocenters. The van der Waals surface area contributed by atoms with Crippen molar-refractivity contribution in [3.63, 3.8) is 0 Å². The van der Waals surface area contributed by atoms with Crippen LogP contribution in [-0.4, -0.2) is 9.97 Å². The Morgan fingerprint density at radius 1 is 1.11 bits per heavy atom. The molecule has 4 nitrogen and oxygen atoms in total. The van der Waals surface area contributed by atoms with Crippen molar-refractivity contribution < 1.29 is 4.74 Å². The summed E-state index contributed by atoms with van der Waals surface area (Å²) < 4.78 is 5.69. The maximum absolute atomic E-state index is 8.64. The van der Waals surface area contributed by atoms with E-state index in [2.05, 4.69) is 16.0 Å². The Morgan fingerprint density at radius 2 is 1.89 bits per heavy atom. The molecular weight excluding hydrogens is 226 g/mol. The molecule has 1 heterocycles. The second-order valence-electron chi connectivity index (χ2n) is 4.16. The van der Waals surface area contributed by atoms with Crippen LogP contribution >= 0.6 is 0 Å². The smallest absolute Gasteiger partial charge is 0.237 e. The highest BCUT2D eigenvalue weighted by molar-refractivity contribution is 5.43. The fraction of sp³-hybridized carbons (Fsp3) is 0.214. The fourth-order valence-electron chi connectivity index (χ4n) is 1.65. The molecule has 0 bridgehead atoms. The number of aryl methyl sites for hydroxylation is 2. The van der Waals surface area contributed by atoms with Gasteiger partial charge in [-0.05, 0) is 43.5 Å². The van der Waals surface area contributed by atoms with Crippen LogP contribution in [0.3, 0.4) is 0 Å². The lowest BCUT2D eigenvalue weighted by Crippen LogP contribution is -1.95. The lowest BCUT2D eigenvalue weighted by Gasteiger charge is -2.10. The molecule has 0 aliphatic heterocycles. The predicted octanol–water partition coefficient (Wildman–Crippen LogP) is 3.07.